The Bertz CT molecular complexity index is 601. The molecule has 21 heavy (non-hydrogen) atoms. The number of hydrogen-bond donors (Lipinski definition) is 1. The van der Waals surface area contributed by atoms with Gasteiger partial charge in [-0.25, -0.2) is 8.42 Å². The number of nitrogens with zero attached hydrogens (tertiary/aromatic N) is 1. The normalized spacial score (nSPS) is 24.2. The summed E-state index contributed by atoms with van der Waals surface area (Å²) in [6.45, 7) is 7.27. The molecule has 0 aliphatic carbocycles. The summed E-state index contributed by atoms with van der Waals surface area (Å²) in [4.78, 5) is 0.360. The first-order valence-electron chi connectivity index (χ1n) is 7.24. The first-order chi connectivity index (χ1) is 9.86. The molecule has 0 bridgehead atoms. The van der Waals surface area contributed by atoms with Crippen molar-refractivity contribution in [2.45, 2.75) is 44.4 Å². The van der Waals surface area contributed by atoms with E-state index < -0.39 is 10.0 Å². The highest BCUT2D eigenvalue weighted by Gasteiger charge is 2.34. The third kappa shape index (κ3) is 3.45. The van der Waals surface area contributed by atoms with Crippen LogP contribution in [0.5, 0.6) is 0 Å². The summed E-state index contributed by atoms with van der Waals surface area (Å²) >= 11 is 0. The van der Waals surface area contributed by atoms with E-state index in [0.29, 0.717) is 24.6 Å². The number of hydrogen-bond acceptors (Lipinski definition) is 4. The average molecular weight is 312 g/mol. The van der Waals surface area contributed by atoms with Crippen LogP contribution in [0.4, 0.5) is 0 Å². The molecule has 1 aliphatic heterocycles. The van der Waals surface area contributed by atoms with Crippen LogP contribution in [0, 0.1) is 6.92 Å². The molecule has 6 heteroatoms. The summed E-state index contributed by atoms with van der Waals surface area (Å²) in [6.07, 6.45) is -0.0711. The van der Waals surface area contributed by atoms with Crippen molar-refractivity contribution in [2.75, 3.05) is 20.2 Å². The molecule has 1 N–H and O–H groups in total. The predicted octanol–water partition coefficient (Wildman–Crippen LogP) is 1.51. The topological polar surface area (TPSA) is 58.6 Å². The molecule has 0 saturated carbocycles. The van der Waals surface area contributed by atoms with Gasteiger partial charge >= 0.3 is 0 Å². The Balaban J connectivity index is 2.36. The molecule has 2 atom stereocenters. The molecule has 1 aromatic carbocycles. The minimum absolute atomic E-state index is 0.0711. The summed E-state index contributed by atoms with van der Waals surface area (Å²) in [5, 5.41) is 3.07. The van der Waals surface area contributed by atoms with Gasteiger partial charge < -0.3 is 10.1 Å². The molecule has 2 rings (SSSR count). The molecule has 1 fully saturated rings. The summed E-state index contributed by atoms with van der Waals surface area (Å²) in [5.41, 5.74) is 2.10. The molecule has 1 aromatic rings. The standard InChI is InChI=1S/C15H24N2O3S/c1-11-5-6-15(7-14(11)8-16-4)21(18,19)17-9-13(3)20-10-12(17)2/h5-7,12-13,16H,8-10H2,1-4H3. The van der Waals surface area contributed by atoms with Gasteiger partial charge in [0.15, 0.2) is 0 Å². The van der Waals surface area contributed by atoms with Gasteiger partial charge in [0.2, 0.25) is 10.0 Å². The van der Waals surface area contributed by atoms with Gasteiger partial charge in [0, 0.05) is 19.1 Å². The molecule has 0 radical (unpaired) electrons. The van der Waals surface area contributed by atoms with Gasteiger partial charge in [-0.2, -0.15) is 4.31 Å². The van der Waals surface area contributed by atoms with Crippen LogP contribution in [0.2, 0.25) is 0 Å². The molecule has 0 amide bonds. The first-order valence-corrected chi connectivity index (χ1v) is 8.68. The van der Waals surface area contributed by atoms with Crippen LogP contribution < -0.4 is 5.32 Å². The number of rotatable bonds is 4. The van der Waals surface area contributed by atoms with Gasteiger partial charge in [0.1, 0.15) is 0 Å². The summed E-state index contributed by atoms with van der Waals surface area (Å²) in [6, 6.07) is 5.19. The Kier molecular flexibility index (Phi) is 5.03. The zero-order valence-electron chi connectivity index (χ0n) is 13.1. The molecule has 1 saturated heterocycles. The molecule has 5 nitrogen and oxygen atoms in total. The lowest BCUT2D eigenvalue weighted by Crippen LogP contribution is -2.50. The van der Waals surface area contributed by atoms with Gasteiger partial charge in [-0.3, -0.25) is 0 Å². The SMILES string of the molecule is CNCc1cc(S(=O)(=O)N2CC(C)OCC2C)ccc1C. The minimum atomic E-state index is -3.48. The summed E-state index contributed by atoms with van der Waals surface area (Å²) in [5.74, 6) is 0. The molecule has 118 valence electrons. The lowest BCUT2D eigenvalue weighted by Gasteiger charge is -2.35. The lowest BCUT2D eigenvalue weighted by atomic mass is 10.1. The highest BCUT2D eigenvalue weighted by molar-refractivity contribution is 7.89. The second-order valence-corrected chi connectivity index (χ2v) is 7.58. The lowest BCUT2D eigenvalue weighted by molar-refractivity contribution is -0.0170. The van der Waals surface area contributed by atoms with Crippen LogP contribution >= 0.6 is 0 Å². The van der Waals surface area contributed by atoms with Crippen molar-refractivity contribution in [2.24, 2.45) is 0 Å². The van der Waals surface area contributed by atoms with E-state index in [1.165, 1.54) is 0 Å². The first kappa shape index (κ1) is 16.4. The number of ether oxygens (including phenoxy) is 1. The zero-order chi connectivity index (χ0) is 15.6. The van der Waals surface area contributed by atoms with E-state index in [9.17, 15) is 8.42 Å². The summed E-state index contributed by atoms with van der Waals surface area (Å²) < 4.78 is 32.8. The van der Waals surface area contributed by atoms with E-state index in [2.05, 4.69) is 5.32 Å². The van der Waals surface area contributed by atoms with Crippen molar-refractivity contribution in [1.29, 1.82) is 0 Å². The molecule has 2 unspecified atom stereocenters. The van der Waals surface area contributed by atoms with Crippen molar-refractivity contribution >= 4 is 10.0 Å². The Morgan fingerprint density at radius 2 is 2.10 bits per heavy atom. The maximum atomic E-state index is 12.9. The van der Waals surface area contributed by atoms with Gasteiger partial charge in [0.25, 0.3) is 0 Å². The third-order valence-corrected chi connectivity index (χ3v) is 5.82. The highest BCUT2D eigenvalue weighted by atomic mass is 32.2. The Hall–Kier alpha value is -0.950. The molecule has 1 aliphatic rings. The second-order valence-electron chi connectivity index (χ2n) is 5.69. The van der Waals surface area contributed by atoms with Crippen LogP contribution in [0.3, 0.4) is 0 Å². The van der Waals surface area contributed by atoms with Crippen molar-refractivity contribution in [3.05, 3.63) is 29.3 Å². The molecule has 1 heterocycles. The van der Waals surface area contributed by atoms with Crippen LogP contribution in [0.15, 0.2) is 23.1 Å². The Morgan fingerprint density at radius 1 is 1.38 bits per heavy atom. The highest BCUT2D eigenvalue weighted by Crippen LogP contribution is 2.24. The van der Waals surface area contributed by atoms with Crippen molar-refractivity contribution in [3.63, 3.8) is 0 Å². The van der Waals surface area contributed by atoms with Crippen LogP contribution in [0.1, 0.15) is 25.0 Å². The van der Waals surface area contributed by atoms with Gasteiger partial charge in [-0.05, 0) is 51.1 Å². The van der Waals surface area contributed by atoms with Gasteiger partial charge in [-0.1, -0.05) is 6.07 Å². The number of aryl methyl sites for hydroxylation is 1. The predicted molar refractivity (Wildman–Crippen MR) is 82.7 cm³/mol. The quantitative estimate of drug-likeness (QED) is 0.915. The fraction of sp³-hybridized carbons (Fsp3) is 0.600. The molecule has 0 spiro atoms. The van der Waals surface area contributed by atoms with Crippen molar-refractivity contribution in [1.82, 2.24) is 9.62 Å². The van der Waals surface area contributed by atoms with Crippen LogP contribution in [-0.2, 0) is 21.3 Å². The average Bonchev–Trinajstić information content (AvgIpc) is 2.44. The van der Waals surface area contributed by atoms with Gasteiger partial charge in [0.05, 0.1) is 17.6 Å². The smallest absolute Gasteiger partial charge is 0.243 e. The third-order valence-electron chi connectivity index (χ3n) is 3.85. The molecular weight excluding hydrogens is 288 g/mol. The zero-order valence-corrected chi connectivity index (χ0v) is 13.9. The fourth-order valence-corrected chi connectivity index (χ4v) is 4.28. The largest absolute Gasteiger partial charge is 0.375 e. The van der Waals surface area contributed by atoms with Crippen molar-refractivity contribution < 1.29 is 13.2 Å². The van der Waals surface area contributed by atoms with Crippen molar-refractivity contribution in [3.8, 4) is 0 Å². The maximum Gasteiger partial charge on any atom is 0.243 e. The van der Waals surface area contributed by atoms with E-state index in [1.807, 2.05) is 33.9 Å². The number of morpholine rings is 1. The number of benzene rings is 1. The van der Waals surface area contributed by atoms with E-state index in [4.69, 9.17) is 4.74 Å². The van der Waals surface area contributed by atoms with E-state index in [0.717, 1.165) is 11.1 Å². The molecule has 0 aromatic heterocycles. The van der Waals surface area contributed by atoms with E-state index in [1.54, 1.807) is 16.4 Å². The number of nitrogens with one attached hydrogen (secondary N) is 1. The van der Waals surface area contributed by atoms with Crippen LogP contribution in [0.25, 0.3) is 0 Å². The molecular formula is C15H24N2O3S. The summed E-state index contributed by atoms with van der Waals surface area (Å²) in [7, 11) is -1.62. The maximum absolute atomic E-state index is 12.9. The Morgan fingerprint density at radius 3 is 2.76 bits per heavy atom. The van der Waals surface area contributed by atoms with Crippen LogP contribution in [-0.4, -0.2) is 45.1 Å². The van der Waals surface area contributed by atoms with E-state index >= 15 is 0 Å². The second kappa shape index (κ2) is 6.44. The minimum Gasteiger partial charge on any atom is -0.375 e. The monoisotopic (exact) mass is 312 g/mol. The van der Waals surface area contributed by atoms with E-state index in [-0.39, 0.29) is 12.1 Å². The Labute approximate surface area is 127 Å². The van der Waals surface area contributed by atoms with Gasteiger partial charge in [-0.15, -0.1) is 0 Å². The number of sulfonamides is 1. The fourth-order valence-electron chi connectivity index (χ4n) is 2.53.